The first-order chi connectivity index (χ1) is 8.50. The van der Waals surface area contributed by atoms with Gasteiger partial charge in [0, 0.05) is 11.8 Å². The third-order valence-corrected chi connectivity index (χ3v) is 3.17. The van der Waals surface area contributed by atoms with Crippen LogP contribution in [0.5, 0.6) is 0 Å². The number of hydrogen-bond donors (Lipinski definition) is 1. The van der Waals surface area contributed by atoms with E-state index in [0.717, 1.165) is 0 Å². The van der Waals surface area contributed by atoms with Gasteiger partial charge in [-0.1, -0.05) is 27.7 Å². The van der Waals surface area contributed by atoms with Gasteiger partial charge in [0.25, 0.3) is 0 Å². The molecule has 0 aliphatic rings. The van der Waals surface area contributed by atoms with Crippen LogP contribution < -0.4 is 5.32 Å². The molecule has 1 amide bonds. The fraction of sp³-hybridized carbons (Fsp3) is 0.769. The third-order valence-electron chi connectivity index (χ3n) is 3.17. The molecule has 0 fully saturated rings. The molecule has 0 spiro atoms. The molecule has 0 rings (SSSR count). The van der Waals surface area contributed by atoms with Crippen molar-refractivity contribution in [3.05, 3.63) is 0 Å². The lowest BCUT2D eigenvalue weighted by Crippen LogP contribution is -2.36. The number of ketones is 1. The Balaban J connectivity index is 4.50. The zero-order valence-electron chi connectivity index (χ0n) is 13.1. The van der Waals surface area contributed by atoms with Crippen LogP contribution >= 0.6 is 0 Å². The van der Waals surface area contributed by atoms with Gasteiger partial charge in [0.15, 0.2) is 7.85 Å². The second-order valence-electron chi connectivity index (χ2n) is 6.66. The predicted molar refractivity (Wildman–Crippen MR) is 81.7 cm³/mol. The molecule has 19 heavy (non-hydrogen) atoms. The number of nitrogens with one attached hydrogen (secondary N) is 1. The molecule has 0 saturated heterocycles. The first-order valence-corrected chi connectivity index (χ1v) is 6.79. The summed E-state index contributed by atoms with van der Waals surface area (Å²) < 4.78 is 0. The molecule has 6 heteroatoms. The van der Waals surface area contributed by atoms with Crippen LogP contribution in [-0.2, 0) is 14.4 Å². The van der Waals surface area contributed by atoms with E-state index in [2.05, 4.69) is 5.32 Å². The van der Waals surface area contributed by atoms with E-state index in [0.29, 0.717) is 19.2 Å². The SMILES string of the molecule is BCC(=O)C(C)(C)CC(C)(C)CC(=O)NCC(B)=O. The summed E-state index contributed by atoms with van der Waals surface area (Å²) in [5, 5.41) is 2.59. The summed E-state index contributed by atoms with van der Waals surface area (Å²) in [4.78, 5) is 34.4. The lowest BCUT2D eigenvalue weighted by Gasteiger charge is -2.33. The van der Waals surface area contributed by atoms with Gasteiger partial charge in [-0.3, -0.25) is 9.59 Å². The van der Waals surface area contributed by atoms with Crippen LogP contribution in [0.25, 0.3) is 0 Å². The van der Waals surface area contributed by atoms with Crippen molar-refractivity contribution in [3.8, 4) is 0 Å². The predicted octanol–water partition coefficient (Wildman–Crippen LogP) is -0.285. The third kappa shape index (κ3) is 7.18. The van der Waals surface area contributed by atoms with Crippen molar-refractivity contribution in [1.29, 1.82) is 0 Å². The Labute approximate surface area is 117 Å². The standard InChI is InChI=1S/C13H25B2NO3/c1-12(2,5-11(19)16-7-10(15)18)8-13(3,4)9(17)6-14/h5-8,14-15H2,1-4H3,(H,16,19). The van der Waals surface area contributed by atoms with E-state index < -0.39 is 5.41 Å². The maximum absolute atomic E-state index is 11.9. The van der Waals surface area contributed by atoms with Crippen LogP contribution in [0.1, 0.15) is 40.5 Å². The zero-order chi connectivity index (χ0) is 15.3. The van der Waals surface area contributed by atoms with Crippen LogP contribution in [0.3, 0.4) is 0 Å². The Kier molecular flexibility index (Phi) is 6.53. The van der Waals surface area contributed by atoms with Gasteiger partial charge in [0.2, 0.25) is 5.91 Å². The first-order valence-electron chi connectivity index (χ1n) is 6.79. The molecule has 0 atom stereocenters. The van der Waals surface area contributed by atoms with E-state index >= 15 is 0 Å². The molecule has 106 valence electrons. The smallest absolute Gasteiger partial charge is 0.220 e. The van der Waals surface area contributed by atoms with Crippen LogP contribution in [0.4, 0.5) is 0 Å². The summed E-state index contributed by atoms with van der Waals surface area (Å²) in [5.41, 5.74) is -0.749. The monoisotopic (exact) mass is 265 g/mol. The molecule has 0 saturated carbocycles. The highest BCUT2D eigenvalue weighted by Crippen LogP contribution is 2.37. The maximum Gasteiger partial charge on any atom is 0.220 e. The van der Waals surface area contributed by atoms with Crippen molar-refractivity contribution < 1.29 is 14.4 Å². The quantitative estimate of drug-likeness (QED) is 0.614. The molecular formula is C13H25B2NO3. The fourth-order valence-corrected chi connectivity index (χ4v) is 2.56. The number of hydrogen-bond acceptors (Lipinski definition) is 3. The highest BCUT2D eigenvalue weighted by atomic mass is 16.2. The number of amides is 1. The minimum atomic E-state index is -0.418. The van der Waals surface area contributed by atoms with E-state index in [9.17, 15) is 14.4 Å². The van der Waals surface area contributed by atoms with Gasteiger partial charge < -0.3 is 10.1 Å². The van der Waals surface area contributed by atoms with Crippen LogP contribution in [0.15, 0.2) is 0 Å². The van der Waals surface area contributed by atoms with Gasteiger partial charge in [-0.15, -0.1) is 0 Å². The molecule has 4 nitrogen and oxygen atoms in total. The summed E-state index contributed by atoms with van der Waals surface area (Å²) in [6.07, 6.45) is 1.49. The van der Waals surface area contributed by atoms with Crippen molar-refractivity contribution in [2.75, 3.05) is 6.54 Å². The van der Waals surface area contributed by atoms with Gasteiger partial charge in [0.1, 0.15) is 19.3 Å². The lowest BCUT2D eigenvalue weighted by molar-refractivity contribution is -0.129. The van der Waals surface area contributed by atoms with E-state index in [1.165, 1.54) is 7.85 Å². The van der Waals surface area contributed by atoms with Crippen molar-refractivity contribution in [3.63, 3.8) is 0 Å². The molecule has 0 aliphatic heterocycles. The molecule has 0 heterocycles. The topological polar surface area (TPSA) is 63.2 Å². The van der Waals surface area contributed by atoms with Gasteiger partial charge in [-0.05, 0) is 18.2 Å². The lowest BCUT2D eigenvalue weighted by atomic mass is 9.69. The highest BCUT2D eigenvalue weighted by molar-refractivity contribution is 6.58. The van der Waals surface area contributed by atoms with Gasteiger partial charge in [-0.2, -0.15) is 0 Å². The van der Waals surface area contributed by atoms with E-state index in [4.69, 9.17) is 0 Å². The van der Waals surface area contributed by atoms with Crippen molar-refractivity contribution in [2.45, 2.75) is 46.9 Å². The molecule has 0 aromatic heterocycles. The Hall–Kier alpha value is -1.06. The average molecular weight is 265 g/mol. The number of carbonyl (C=O) groups is 3. The van der Waals surface area contributed by atoms with Crippen LogP contribution in [0.2, 0.25) is 6.32 Å². The highest BCUT2D eigenvalue weighted by Gasteiger charge is 2.34. The average Bonchev–Trinajstić information content (AvgIpc) is 2.22. The second kappa shape index (κ2) is 6.92. The van der Waals surface area contributed by atoms with Crippen LogP contribution in [-0.4, -0.2) is 39.6 Å². The van der Waals surface area contributed by atoms with Crippen molar-refractivity contribution >= 4 is 33.1 Å². The van der Waals surface area contributed by atoms with Crippen molar-refractivity contribution in [2.24, 2.45) is 10.8 Å². The molecule has 1 N–H and O–H groups in total. The fourth-order valence-electron chi connectivity index (χ4n) is 2.56. The summed E-state index contributed by atoms with van der Waals surface area (Å²) in [7, 11) is 3.30. The summed E-state index contributed by atoms with van der Waals surface area (Å²) in [6, 6.07) is 0. The first kappa shape index (κ1) is 17.9. The number of carbonyl (C=O) groups excluding carboxylic acids is 3. The molecule has 0 aromatic rings. The minimum Gasteiger partial charge on any atom is -0.350 e. The van der Waals surface area contributed by atoms with Gasteiger partial charge in [-0.25, -0.2) is 0 Å². The summed E-state index contributed by atoms with van der Waals surface area (Å²) in [5.74, 6) is 0.0738. The maximum atomic E-state index is 11.9. The van der Waals surface area contributed by atoms with Crippen molar-refractivity contribution in [1.82, 2.24) is 5.32 Å². The Morgan fingerprint density at radius 3 is 2.05 bits per heavy atom. The number of rotatable bonds is 8. The molecule has 0 aliphatic carbocycles. The van der Waals surface area contributed by atoms with E-state index in [1.807, 2.05) is 35.5 Å². The second-order valence-corrected chi connectivity index (χ2v) is 6.66. The van der Waals surface area contributed by atoms with E-state index in [-0.39, 0.29) is 29.3 Å². The van der Waals surface area contributed by atoms with E-state index in [1.54, 1.807) is 0 Å². The molecule has 0 bridgehead atoms. The molecule has 0 radical (unpaired) electrons. The molecule has 0 unspecified atom stereocenters. The zero-order valence-corrected chi connectivity index (χ0v) is 13.1. The number of Topliss-reactive ketones (excluding diaryl/α,β-unsaturated/α-hetero) is 1. The Bertz CT molecular complexity index is 365. The molecular weight excluding hydrogens is 240 g/mol. The van der Waals surface area contributed by atoms with Crippen LogP contribution in [0, 0.1) is 10.8 Å². The Morgan fingerprint density at radius 2 is 1.63 bits per heavy atom. The normalized spacial score (nSPS) is 12.0. The van der Waals surface area contributed by atoms with Gasteiger partial charge in [0.05, 0.1) is 6.54 Å². The Morgan fingerprint density at radius 1 is 1.11 bits per heavy atom. The summed E-state index contributed by atoms with van der Waals surface area (Å²) in [6.45, 7) is 7.88. The largest absolute Gasteiger partial charge is 0.350 e. The van der Waals surface area contributed by atoms with Gasteiger partial charge >= 0.3 is 0 Å². The minimum absolute atomic E-state index is 0.0624. The molecule has 0 aromatic carbocycles. The summed E-state index contributed by atoms with van der Waals surface area (Å²) >= 11 is 0.